The highest BCUT2D eigenvalue weighted by molar-refractivity contribution is 7.88. The minimum absolute atomic E-state index is 0.136. The minimum atomic E-state index is -4.09. The number of aliphatic hydroxyl groups excluding tert-OH is 1. The monoisotopic (exact) mass is 336 g/mol. The van der Waals surface area contributed by atoms with E-state index in [-0.39, 0.29) is 12.3 Å². The van der Waals surface area contributed by atoms with Crippen LogP contribution < -0.4 is 4.72 Å². The van der Waals surface area contributed by atoms with E-state index in [1.165, 1.54) is 0 Å². The van der Waals surface area contributed by atoms with Gasteiger partial charge in [-0.25, -0.2) is 9.11 Å². The van der Waals surface area contributed by atoms with E-state index in [9.17, 15) is 22.7 Å². The molecule has 126 valence electrons. The van der Waals surface area contributed by atoms with Crippen LogP contribution in [0.5, 0.6) is 0 Å². The number of aliphatic hydroxyl groups is 1. The maximum absolute atomic E-state index is 15.0. The minimum Gasteiger partial charge on any atom is -0.391 e. The fourth-order valence-electron chi connectivity index (χ4n) is 3.73. The van der Waals surface area contributed by atoms with E-state index in [4.69, 9.17) is 4.74 Å². The summed E-state index contributed by atoms with van der Waals surface area (Å²) in [6.45, 7) is 3.27. The third-order valence-electron chi connectivity index (χ3n) is 4.80. The van der Waals surface area contributed by atoms with Crippen molar-refractivity contribution in [3.05, 3.63) is 0 Å². The quantitative estimate of drug-likeness (QED) is 0.686. The van der Waals surface area contributed by atoms with Gasteiger partial charge in [0.15, 0.2) is 0 Å². The molecule has 0 spiro atoms. The average molecular weight is 336 g/mol. The third-order valence-corrected chi connectivity index (χ3v) is 6.27. The number of hydrogen-bond donors (Lipinski definition) is 2. The summed E-state index contributed by atoms with van der Waals surface area (Å²) >= 11 is 0. The van der Waals surface area contributed by atoms with E-state index in [1.807, 2.05) is 18.6 Å². The molecule has 0 radical (unpaired) electrons. The summed E-state index contributed by atoms with van der Waals surface area (Å²) in [7, 11) is -4.09. The van der Waals surface area contributed by atoms with Crippen molar-refractivity contribution in [2.45, 2.75) is 63.1 Å². The zero-order chi connectivity index (χ0) is 16.3. The number of alkyl halides is 1. The van der Waals surface area contributed by atoms with Gasteiger partial charge in [0.25, 0.3) is 0 Å². The molecule has 0 aromatic rings. The summed E-state index contributed by atoms with van der Waals surface area (Å²) in [5, 5.41) is 10.2. The Morgan fingerprint density at radius 1 is 1.45 bits per heavy atom. The first-order chi connectivity index (χ1) is 10.1. The van der Waals surface area contributed by atoms with E-state index < -0.39 is 52.7 Å². The Bertz CT molecular complexity index is 581. The van der Waals surface area contributed by atoms with Gasteiger partial charge in [0.1, 0.15) is 6.17 Å². The lowest BCUT2D eigenvalue weighted by atomic mass is 9.74. The van der Waals surface area contributed by atoms with E-state index in [0.717, 1.165) is 17.1 Å². The SMILES string of the molecule is CC1(C)CCC2CC(O)C(N3CC(=O)NS3(=O)=O)C(F)C2O1. The van der Waals surface area contributed by atoms with Gasteiger partial charge in [-0.3, -0.25) is 4.79 Å². The standard InChI is InChI=1S/C13H21FN2O5S/c1-13(2)4-3-7-5-8(17)11(10(14)12(7)21-13)16-6-9(18)15-22(16,19)20/h7-8,10-12,17H,3-6H2,1-2H3,(H,15,18). The van der Waals surface area contributed by atoms with Crippen molar-refractivity contribution in [3.8, 4) is 0 Å². The van der Waals surface area contributed by atoms with Crippen LogP contribution in [-0.2, 0) is 19.7 Å². The van der Waals surface area contributed by atoms with Crippen LogP contribution in [0.3, 0.4) is 0 Å². The summed E-state index contributed by atoms with van der Waals surface area (Å²) in [6, 6.07) is -1.29. The van der Waals surface area contributed by atoms with Crippen LogP contribution in [0.25, 0.3) is 0 Å². The molecule has 7 nitrogen and oxygen atoms in total. The molecule has 0 aromatic heterocycles. The van der Waals surface area contributed by atoms with Gasteiger partial charge >= 0.3 is 10.2 Å². The van der Waals surface area contributed by atoms with Gasteiger partial charge in [0.2, 0.25) is 5.91 Å². The van der Waals surface area contributed by atoms with Gasteiger partial charge in [-0.05, 0) is 39.0 Å². The van der Waals surface area contributed by atoms with Crippen molar-refractivity contribution in [1.29, 1.82) is 0 Å². The first-order valence-electron chi connectivity index (χ1n) is 7.43. The highest BCUT2D eigenvalue weighted by Gasteiger charge is 2.55. The summed E-state index contributed by atoms with van der Waals surface area (Å²) in [5.74, 6) is -0.852. The topological polar surface area (TPSA) is 95.9 Å². The van der Waals surface area contributed by atoms with Gasteiger partial charge in [-0.15, -0.1) is 0 Å². The lowest BCUT2D eigenvalue weighted by Gasteiger charge is -2.49. The molecule has 3 aliphatic rings. The van der Waals surface area contributed by atoms with Crippen molar-refractivity contribution >= 4 is 16.1 Å². The summed E-state index contributed by atoms with van der Waals surface area (Å²) in [5.41, 5.74) is -0.476. The Labute approximate surface area is 129 Å². The van der Waals surface area contributed by atoms with Gasteiger partial charge in [-0.1, -0.05) is 0 Å². The molecule has 0 bridgehead atoms. The molecule has 1 amide bonds. The van der Waals surface area contributed by atoms with E-state index in [0.29, 0.717) is 0 Å². The number of amides is 1. The number of halogens is 1. The van der Waals surface area contributed by atoms with Crippen molar-refractivity contribution in [2.75, 3.05) is 6.54 Å². The Kier molecular flexibility index (Phi) is 3.75. The molecule has 2 aliphatic heterocycles. The predicted octanol–water partition coefficient (Wildman–Crippen LogP) is -0.292. The van der Waals surface area contributed by atoms with Gasteiger partial charge in [0, 0.05) is 0 Å². The van der Waals surface area contributed by atoms with Gasteiger partial charge < -0.3 is 9.84 Å². The Balaban J connectivity index is 1.88. The van der Waals surface area contributed by atoms with Crippen LogP contribution >= 0.6 is 0 Å². The normalized spacial score (nSPS) is 44.4. The van der Waals surface area contributed by atoms with E-state index in [2.05, 4.69) is 0 Å². The maximum atomic E-state index is 15.0. The smallest absolute Gasteiger partial charge is 0.304 e. The first kappa shape index (κ1) is 16.1. The van der Waals surface area contributed by atoms with E-state index >= 15 is 0 Å². The number of fused-ring (bicyclic) bond motifs is 1. The van der Waals surface area contributed by atoms with Crippen LogP contribution in [0.4, 0.5) is 4.39 Å². The molecule has 2 saturated heterocycles. The molecule has 0 aromatic carbocycles. The fraction of sp³-hybridized carbons (Fsp3) is 0.923. The van der Waals surface area contributed by atoms with Crippen LogP contribution in [-0.4, -0.2) is 60.3 Å². The zero-order valence-corrected chi connectivity index (χ0v) is 13.3. The van der Waals surface area contributed by atoms with Crippen molar-refractivity contribution in [3.63, 3.8) is 0 Å². The largest absolute Gasteiger partial charge is 0.391 e. The van der Waals surface area contributed by atoms with Crippen LogP contribution in [0.15, 0.2) is 0 Å². The molecule has 1 saturated carbocycles. The second-order valence-electron chi connectivity index (χ2n) is 6.95. The Morgan fingerprint density at radius 3 is 2.73 bits per heavy atom. The first-order valence-corrected chi connectivity index (χ1v) is 8.87. The number of rotatable bonds is 1. The molecule has 3 rings (SSSR count). The summed E-state index contributed by atoms with van der Waals surface area (Å²) in [6.07, 6.45) is -1.82. The zero-order valence-electron chi connectivity index (χ0n) is 12.5. The predicted molar refractivity (Wildman–Crippen MR) is 74.8 cm³/mol. The number of ether oxygens (including phenoxy) is 1. The van der Waals surface area contributed by atoms with Crippen molar-refractivity contribution < 1.29 is 27.4 Å². The molecular formula is C13H21FN2O5S. The Hall–Kier alpha value is -0.770. The van der Waals surface area contributed by atoms with Crippen LogP contribution in [0.2, 0.25) is 0 Å². The number of nitrogens with zero attached hydrogens (tertiary/aromatic N) is 1. The maximum Gasteiger partial charge on any atom is 0.304 e. The highest BCUT2D eigenvalue weighted by Crippen LogP contribution is 2.43. The van der Waals surface area contributed by atoms with Crippen molar-refractivity contribution in [2.24, 2.45) is 5.92 Å². The lowest BCUT2D eigenvalue weighted by Crippen LogP contribution is -2.62. The average Bonchev–Trinajstić information content (AvgIpc) is 2.64. The molecule has 22 heavy (non-hydrogen) atoms. The van der Waals surface area contributed by atoms with Crippen molar-refractivity contribution in [1.82, 2.24) is 9.03 Å². The van der Waals surface area contributed by atoms with Crippen LogP contribution in [0.1, 0.15) is 33.1 Å². The molecule has 5 atom stereocenters. The second kappa shape index (κ2) is 5.12. The van der Waals surface area contributed by atoms with Gasteiger partial charge in [-0.2, -0.15) is 12.7 Å². The molecule has 5 unspecified atom stereocenters. The molecule has 1 aliphatic carbocycles. The highest BCUT2D eigenvalue weighted by atomic mass is 32.2. The summed E-state index contributed by atoms with van der Waals surface area (Å²) in [4.78, 5) is 11.3. The molecular weight excluding hydrogens is 315 g/mol. The van der Waals surface area contributed by atoms with Crippen LogP contribution in [0, 0.1) is 5.92 Å². The molecule has 3 fully saturated rings. The lowest BCUT2D eigenvalue weighted by molar-refractivity contribution is -0.197. The molecule has 9 heteroatoms. The number of hydrogen-bond acceptors (Lipinski definition) is 5. The van der Waals surface area contributed by atoms with E-state index in [1.54, 1.807) is 0 Å². The number of carbonyl (C=O) groups excluding carboxylic acids is 1. The molecule has 2 heterocycles. The summed E-state index contributed by atoms with van der Waals surface area (Å²) < 4.78 is 47.2. The fourth-order valence-corrected chi connectivity index (χ4v) is 5.07. The Morgan fingerprint density at radius 2 is 2.14 bits per heavy atom. The number of carbonyl (C=O) groups is 1. The third kappa shape index (κ3) is 2.64. The van der Waals surface area contributed by atoms with Gasteiger partial charge in [0.05, 0.1) is 30.4 Å². The molecule has 2 N–H and O–H groups in total. The number of nitrogens with one attached hydrogen (secondary N) is 1. The second-order valence-corrected chi connectivity index (χ2v) is 8.58.